The standard InChI is InChI=1S/C26H28N4O6S/c1-34-23-10-7-19(36-16-13-29-11-14-35-15-12-29)17-22(23)28-26(31)25-21(27)3-2-4-24(25)37-20-8-5-18(6-9-20)30(32)33/h2-10,17H,11-16,27H2,1H3,(H,28,31). The maximum atomic E-state index is 13.4. The lowest BCUT2D eigenvalue weighted by atomic mass is 10.1. The van der Waals surface area contributed by atoms with Gasteiger partial charge in [-0.15, -0.1) is 0 Å². The van der Waals surface area contributed by atoms with Crippen molar-refractivity contribution in [2.75, 3.05) is 57.6 Å². The van der Waals surface area contributed by atoms with Crippen molar-refractivity contribution in [3.63, 3.8) is 0 Å². The number of ether oxygens (including phenoxy) is 3. The summed E-state index contributed by atoms with van der Waals surface area (Å²) in [6, 6.07) is 16.5. The number of amides is 1. The summed E-state index contributed by atoms with van der Waals surface area (Å²) in [6.45, 7) is 4.50. The summed E-state index contributed by atoms with van der Waals surface area (Å²) in [5.74, 6) is 0.671. The van der Waals surface area contributed by atoms with Crippen LogP contribution in [-0.2, 0) is 4.74 Å². The Kier molecular flexibility index (Phi) is 8.83. The Morgan fingerprint density at radius 1 is 1.16 bits per heavy atom. The van der Waals surface area contributed by atoms with Crippen molar-refractivity contribution in [3.05, 3.63) is 76.3 Å². The number of rotatable bonds is 10. The minimum absolute atomic E-state index is 0.00553. The van der Waals surface area contributed by atoms with Gasteiger partial charge in [0.25, 0.3) is 11.6 Å². The molecule has 1 aliphatic rings. The highest BCUT2D eigenvalue weighted by Crippen LogP contribution is 2.35. The van der Waals surface area contributed by atoms with Gasteiger partial charge in [0.15, 0.2) is 0 Å². The fourth-order valence-electron chi connectivity index (χ4n) is 3.82. The summed E-state index contributed by atoms with van der Waals surface area (Å²) in [6.07, 6.45) is 0. The number of hydrogen-bond acceptors (Lipinski definition) is 9. The lowest BCUT2D eigenvalue weighted by Crippen LogP contribution is -2.38. The number of anilines is 2. The number of benzene rings is 3. The summed E-state index contributed by atoms with van der Waals surface area (Å²) in [5.41, 5.74) is 7.25. The third-order valence-electron chi connectivity index (χ3n) is 5.76. The molecule has 37 heavy (non-hydrogen) atoms. The number of nitrogen functional groups attached to an aromatic ring is 1. The van der Waals surface area contributed by atoms with Crippen LogP contribution in [0, 0.1) is 10.1 Å². The molecule has 0 bridgehead atoms. The summed E-state index contributed by atoms with van der Waals surface area (Å²) in [5, 5.41) is 13.8. The Hall–Kier alpha value is -3.80. The van der Waals surface area contributed by atoms with Crippen LogP contribution in [0.4, 0.5) is 17.1 Å². The van der Waals surface area contributed by atoms with Crippen molar-refractivity contribution in [1.82, 2.24) is 4.90 Å². The Morgan fingerprint density at radius 2 is 1.92 bits per heavy atom. The van der Waals surface area contributed by atoms with E-state index in [4.69, 9.17) is 19.9 Å². The first-order valence-corrected chi connectivity index (χ1v) is 12.5. The smallest absolute Gasteiger partial charge is 0.269 e. The van der Waals surface area contributed by atoms with Crippen LogP contribution in [0.1, 0.15) is 10.4 Å². The number of nitro benzene ring substituents is 1. The van der Waals surface area contributed by atoms with Crippen LogP contribution in [0.2, 0.25) is 0 Å². The van der Waals surface area contributed by atoms with Crippen molar-refractivity contribution >= 4 is 34.7 Å². The molecular weight excluding hydrogens is 496 g/mol. The number of hydrogen-bond donors (Lipinski definition) is 2. The molecule has 0 unspecified atom stereocenters. The van der Waals surface area contributed by atoms with Crippen LogP contribution < -0.4 is 20.5 Å². The maximum Gasteiger partial charge on any atom is 0.269 e. The van der Waals surface area contributed by atoms with Gasteiger partial charge in [-0.05, 0) is 36.4 Å². The van der Waals surface area contributed by atoms with Crippen LogP contribution >= 0.6 is 11.8 Å². The SMILES string of the molecule is COc1ccc(OCCN2CCOCC2)cc1NC(=O)c1c(N)cccc1Sc1ccc([N+](=O)[O-])cc1. The van der Waals surface area contributed by atoms with Gasteiger partial charge in [-0.3, -0.25) is 19.8 Å². The van der Waals surface area contributed by atoms with Gasteiger partial charge in [0.2, 0.25) is 0 Å². The topological polar surface area (TPSA) is 129 Å². The minimum Gasteiger partial charge on any atom is -0.495 e. The summed E-state index contributed by atoms with van der Waals surface area (Å²) < 4.78 is 16.7. The second-order valence-electron chi connectivity index (χ2n) is 8.19. The minimum atomic E-state index is -0.457. The largest absolute Gasteiger partial charge is 0.495 e. The van der Waals surface area contributed by atoms with Gasteiger partial charge in [-0.1, -0.05) is 17.8 Å². The molecule has 1 amide bonds. The molecule has 1 saturated heterocycles. The average Bonchev–Trinajstić information content (AvgIpc) is 2.90. The van der Waals surface area contributed by atoms with E-state index in [1.54, 1.807) is 48.5 Å². The van der Waals surface area contributed by atoms with Crippen LogP contribution in [0.25, 0.3) is 0 Å². The van der Waals surface area contributed by atoms with Gasteiger partial charge in [0.05, 0.1) is 36.5 Å². The van der Waals surface area contributed by atoms with E-state index in [2.05, 4.69) is 10.2 Å². The van der Waals surface area contributed by atoms with Crippen LogP contribution in [0.15, 0.2) is 70.5 Å². The lowest BCUT2D eigenvalue weighted by Gasteiger charge is -2.26. The number of nitrogens with one attached hydrogen (secondary N) is 1. The summed E-state index contributed by atoms with van der Waals surface area (Å²) in [4.78, 5) is 27.5. The summed E-state index contributed by atoms with van der Waals surface area (Å²) in [7, 11) is 1.52. The Balaban J connectivity index is 1.48. The number of non-ortho nitro benzene ring substituents is 1. The number of nitro groups is 1. The molecule has 1 fully saturated rings. The maximum absolute atomic E-state index is 13.4. The van der Waals surface area contributed by atoms with E-state index in [0.717, 1.165) is 37.7 Å². The first kappa shape index (κ1) is 26.3. The summed E-state index contributed by atoms with van der Waals surface area (Å²) >= 11 is 1.29. The predicted molar refractivity (Wildman–Crippen MR) is 142 cm³/mol. The van der Waals surface area contributed by atoms with Gasteiger partial charge >= 0.3 is 0 Å². The number of nitrogens with zero attached hydrogens (tertiary/aromatic N) is 2. The van der Waals surface area contributed by atoms with E-state index in [-0.39, 0.29) is 5.69 Å². The monoisotopic (exact) mass is 524 g/mol. The van der Waals surface area contributed by atoms with E-state index < -0.39 is 10.8 Å². The Labute approximate surface area is 218 Å². The zero-order chi connectivity index (χ0) is 26.2. The van der Waals surface area contributed by atoms with Crippen molar-refractivity contribution in [2.24, 2.45) is 0 Å². The van der Waals surface area contributed by atoms with Crippen molar-refractivity contribution < 1.29 is 23.9 Å². The number of carbonyl (C=O) groups excluding carboxylic acids is 1. The van der Waals surface area contributed by atoms with Crippen molar-refractivity contribution in [2.45, 2.75) is 9.79 Å². The molecule has 11 heteroatoms. The number of methoxy groups -OCH3 is 1. The van der Waals surface area contributed by atoms with Gasteiger partial charge < -0.3 is 25.3 Å². The normalized spacial score (nSPS) is 13.6. The predicted octanol–water partition coefficient (Wildman–Crippen LogP) is 4.30. The Morgan fingerprint density at radius 3 is 2.62 bits per heavy atom. The second-order valence-corrected chi connectivity index (χ2v) is 9.31. The number of morpholine rings is 1. The van der Waals surface area contributed by atoms with E-state index in [1.807, 2.05) is 0 Å². The third-order valence-corrected chi connectivity index (χ3v) is 6.83. The number of nitrogens with two attached hydrogens (primary N) is 1. The fourth-order valence-corrected chi connectivity index (χ4v) is 4.80. The van der Waals surface area contributed by atoms with E-state index in [1.165, 1.54) is 31.0 Å². The molecule has 0 atom stereocenters. The van der Waals surface area contributed by atoms with Gasteiger partial charge in [-0.2, -0.15) is 0 Å². The highest BCUT2D eigenvalue weighted by molar-refractivity contribution is 7.99. The lowest BCUT2D eigenvalue weighted by molar-refractivity contribution is -0.384. The van der Waals surface area contributed by atoms with Gasteiger partial charge in [-0.25, -0.2) is 0 Å². The molecule has 3 aromatic rings. The molecule has 0 saturated carbocycles. The zero-order valence-electron chi connectivity index (χ0n) is 20.3. The molecule has 0 radical (unpaired) electrons. The first-order valence-electron chi connectivity index (χ1n) is 11.7. The second kappa shape index (κ2) is 12.4. The molecule has 1 heterocycles. The molecule has 10 nitrogen and oxygen atoms in total. The molecule has 194 valence electrons. The van der Waals surface area contributed by atoms with E-state index in [9.17, 15) is 14.9 Å². The van der Waals surface area contributed by atoms with Gasteiger partial charge in [0, 0.05) is 53.3 Å². The molecule has 1 aliphatic heterocycles. The molecule has 3 N–H and O–H groups in total. The average molecular weight is 525 g/mol. The van der Waals surface area contributed by atoms with E-state index >= 15 is 0 Å². The molecule has 0 aromatic heterocycles. The van der Waals surface area contributed by atoms with Crippen LogP contribution in [0.5, 0.6) is 11.5 Å². The zero-order valence-corrected chi connectivity index (χ0v) is 21.2. The first-order chi connectivity index (χ1) is 17.9. The van der Waals surface area contributed by atoms with Crippen molar-refractivity contribution in [3.8, 4) is 11.5 Å². The molecule has 0 aliphatic carbocycles. The molecule has 3 aromatic carbocycles. The quantitative estimate of drug-likeness (QED) is 0.226. The third kappa shape index (κ3) is 6.91. The molecule has 4 rings (SSSR count). The highest BCUT2D eigenvalue weighted by atomic mass is 32.2. The van der Waals surface area contributed by atoms with Crippen LogP contribution in [0.3, 0.4) is 0 Å². The van der Waals surface area contributed by atoms with Crippen LogP contribution in [-0.4, -0.2) is 62.3 Å². The highest BCUT2D eigenvalue weighted by Gasteiger charge is 2.19. The number of carbonyl (C=O) groups is 1. The Bertz CT molecular complexity index is 1250. The molecular formula is C26H28N4O6S. The van der Waals surface area contributed by atoms with Gasteiger partial charge in [0.1, 0.15) is 18.1 Å². The fraction of sp³-hybridized carbons (Fsp3) is 0.269. The van der Waals surface area contributed by atoms with E-state index in [0.29, 0.717) is 39.9 Å². The molecule has 0 spiro atoms. The van der Waals surface area contributed by atoms with Crippen molar-refractivity contribution in [1.29, 1.82) is 0 Å².